The molecule has 4 atom stereocenters. The highest BCUT2D eigenvalue weighted by Gasteiger charge is 2.51. The molecule has 0 aliphatic heterocycles. The first-order chi connectivity index (χ1) is 11.6. The standard InChI is InChI=1S/C17H16N2O3S2/c1-23-17-19-11-5-4-10(7-12(11)24-17)18-15(20)13-8-2-3-9(6-8)14(13)16(21)22/h2-5,7-9,13-14H,6H2,1H3,(H,18,20)(H,21,22)/t8-,9-,13+,14-/m0/s1. The van der Waals surface area contributed by atoms with Crippen LogP contribution in [0.25, 0.3) is 10.2 Å². The zero-order valence-electron chi connectivity index (χ0n) is 12.9. The van der Waals surface area contributed by atoms with Gasteiger partial charge in [0.25, 0.3) is 0 Å². The van der Waals surface area contributed by atoms with Crippen molar-refractivity contribution < 1.29 is 14.7 Å². The quantitative estimate of drug-likeness (QED) is 0.645. The van der Waals surface area contributed by atoms with Crippen molar-refractivity contribution in [1.29, 1.82) is 0 Å². The Kier molecular flexibility index (Phi) is 3.85. The van der Waals surface area contributed by atoms with Crippen LogP contribution in [-0.2, 0) is 9.59 Å². The van der Waals surface area contributed by atoms with Gasteiger partial charge in [0, 0.05) is 5.69 Å². The first-order valence-corrected chi connectivity index (χ1v) is 9.77. The number of carboxylic acid groups (broad SMARTS) is 1. The molecule has 2 bridgehead atoms. The minimum absolute atomic E-state index is 0.0173. The van der Waals surface area contributed by atoms with Gasteiger partial charge in [-0.05, 0) is 42.7 Å². The molecule has 2 N–H and O–H groups in total. The summed E-state index contributed by atoms with van der Waals surface area (Å²) >= 11 is 3.18. The van der Waals surface area contributed by atoms with Gasteiger partial charge >= 0.3 is 5.97 Å². The molecule has 0 saturated heterocycles. The summed E-state index contributed by atoms with van der Waals surface area (Å²) in [6, 6.07) is 5.61. The third-order valence-electron chi connectivity index (χ3n) is 4.86. The Balaban J connectivity index is 1.57. The van der Waals surface area contributed by atoms with E-state index in [9.17, 15) is 14.7 Å². The molecule has 0 radical (unpaired) electrons. The van der Waals surface area contributed by atoms with E-state index >= 15 is 0 Å². The van der Waals surface area contributed by atoms with Crippen LogP contribution >= 0.6 is 23.1 Å². The van der Waals surface area contributed by atoms with Gasteiger partial charge in [0.1, 0.15) is 0 Å². The normalized spacial score (nSPS) is 27.7. The number of hydrogen-bond acceptors (Lipinski definition) is 5. The molecule has 1 aromatic heterocycles. The second-order valence-corrected chi connectivity index (χ2v) is 8.28. The molecule has 1 heterocycles. The molecule has 124 valence electrons. The Morgan fingerprint density at radius 3 is 2.75 bits per heavy atom. The summed E-state index contributed by atoms with van der Waals surface area (Å²) in [5.74, 6) is -2.17. The number of nitrogens with zero attached hydrogens (tertiary/aromatic N) is 1. The number of carbonyl (C=O) groups excluding carboxylic acids is 1. The van der Waals surface area contributed by atoms with Gasteiger partial charge in [-0.1, -0.05) is 23.9 Å². The lowest BCUT2D eigenvalue weighted by molar-refractivity contribution is -0.146. The van der Waals surface area contributed by atoms with Crippen molar-refractivity contribution in [3.05, 3.63) is 30.4 Å². The molecule has 7 heteroatoms. The van der Waals surface area contributed by atoms with E-state index in [0.29, 0.717) is 5.69 Å². The molecule has 1 amide bonds. The van der Waals surface area contributed by atoms with Crippen LogP contribution in [0.5, 0.6) is 0 Å². The third-order valence-corrected chi connectivity index (χ3v) is 6.86. The van der Waals surface area contributed by atoms with Crippen molar-refractivity contribution in [3.8, 4) is 0 Å². The van der Waals surface area contributed by atoms with Gasteiger partial charge < -0.3 is 10.4 Å². The number of aliphatic carboxylic acids is 1. The summed E-state index contributed by atoms with van der Waals surface area (Å²) in [6.07, 6.45) is 6.68. The second-order valence-electron chi connectivity index (χ2n) is 6.19. The molecule has 0 unspecified atom stereocenters. The van der Waals surface area contributed by atoms with E-state index < -0.39 is 17.8 Å². The molecular formula is C17H16N2O3S2. The number of anilines is 1. The van der Waals surface area contributed by atoms with Gasteiger partial charge in [-0.2, -0.15) is 0 Å². The Bertz CT molecular complexity index is 861. The van der Waals surface area contributed by atoms with E-state index in [-0.39, 0.29) is 17.7 Å². The van der Waals surface area contributed by atoms with Crippen molar-refractivity contribution in [2.24, 2.45) is 23.7 Å². The minimum atomic E-state index is -0.880. The van der Waals surface area contributed by atoms with Crippen molar-refractivity contribution in [1.82, 2.24) is 4.98 Å². The van der Waals surface area contributed by atoms with E-state index in [1.807, 2.05) is 36.6 Å². The van der Waals surface area contributed by atoms with Gasteiger partial charge in [0.15, 0.2) is 4.34 Å². The summed E-state index contributed by atoms with van der Waals surface area (Å²) in [7, 11) is 0. The van der Waals surface area contributed by atoms with Crippen LogP contribution in [-0.4, -0.2) is 28.2 Å². The maximum atomic E-state index is 12.7. The highest BCUT2D eigenvalue weighted by molar-refractivity contribution is 8.00. The molecule has 24 heavy (non-hydrogen) atoms. The second kappa shape index (κ2) is 5.89. The first-order valence-electron chi connectivity index (χ1n) is 7.73. The predicted octanol–water partition coefficient (Wildman–Crippen LogP) is 3.48. The minimum Gasteiger partial charge on any atom is -0.481 e. The number of nitrogens with one attached hydrogen (secondary N) is 1. The molecule has 1 fully saturated rings. The molecule has 4 rings (SSSR count). The third kappa shape index (κ3) is 2.52. The monoisotopic (exact) mass is 360 g/mol. The Morgan fingerprint density at radius 1 is 1.29 bits per heavy atom. The van der Waals surface area contributed by atoms with Gasteiger partial charge in [0.05, 0.1) is 22.1 Å². The number of thiazole rings is 1. The lowest BCUT2D eigenvalue weighted by atomic mass is 9.82. The van der Waals surface area contributed by atoms with Crippen LogP contribution in [0.2, 0.25) is 0 Å². The lowest BCUT2D eigenvalue weighted by Gasteiger charge is -2.23. The lowest BCUT2D eigenvalue weighted by Crippen LogP contribution is -2.36. The summed E-state index contributed by atoms with van der Waals surface area (Å²) in [6.45, 7) is 0. The zero-order valence-corrected chi connectivity index (χ0v) is 14.6. The molecular weight excluding hydrogens is 344 g/mol. The number of aromatic nitrogens is 1. The maximum absolute atomic E-state index is 12.7. The average molecular weight is 360 g/mol. The first kappa shape index (κ1) is 15.7. The molecule has 0 spiro atoms. The van der Waals surface area contributed by atoms with Crippen molar-refractivity contribution in [2.75, 3.05) is 11.6 Å². The number of allylic oxidation sites excluding steroid dienone is 2. The molecule has 2 aromatic rings. The Labute approximate surface area is 147 Å². The van der Waals surface area contributed by atoms with Crippen molar-refractivity contribution >= 4 is 50.9 Å². The highest BCUT2D eigenvalue weighted by Crippen LogP contribution is 2.48. The van der Waals surface area contributed by atoms with E-state index in [1.54, 1.807) is 23.1 Å². The van der Waals surface area contributed by atoms with Gasteiger partial charge in [0.2, 0.25) is 5.91 Å². The number of rotatable bonds is 4. The number of thioether (sulfide) groups is 1. The summed E-state index contributed by atoms with van der Waals surface area (Å²) in [5.41, 5.74) is 1.60. The number of benzene rings is 1. The van der Waals surface area contributed by atoms with E-state index in [4.69, 9.17) is 0 Å². The fourth-order valence-electron chi connectivity index (χ4n) is 3.81. The van der Waals surface area contributed by atoms with Gasteiger partial charge in [-0.3, -0.25) is 9.59 Å². The predicted molar refractivity (Wildman–Crippen MR) is 95.4 cm³/mol. The highest BCUT2D eigenvalue weighted by atomic mass is 32.2. The molecule has 1 saturated carbocycles. The smallest absolute Gasteiger partial charge is 0.307 e. The van der Waals surface area contributed by atoms with E-state index in [2.05, 4.69) is 10.3 Å². The van der Waals surface area contributed by atoms with Crippen LogP contribution in [0, 0.1) is 23.7 Å². The molecule has 1 aromatic carbocycles. The number of carbonyl (C=O) groups is 2. The summed E-state index contributed by atoms with van der Waals surface area (Å²) < 4.78 is 2.00. The van der Waals surface area contributed by atoms with E-state index in [1.165, 1.54) is 0 Å². The van der Waals surface area contributed by atoms with E-state index in [0.717, 1.165) is 21.0 Å². The Hall–Kier alpha value is -1.86. The molecule has 2 aliphatic carbocycles. The number of fused-ring (bicyclic) bond motifs is 3. The van der Waals surface area contributed by atoms with Crippen molar-refractivity contribution in [2.45, 2.75) is 10.8 Å². The van der Waals surface area contributed by atoms with Crippen LogP contribution in [0.3, 0.4) is 0 Å². The van der Waals surface area contributed by atoms with Crippen LogP contribution in [0.4, 0.5) is 5.69 Å². The average Bonchev–Trinajstić information content (AvgIpc) is 3.26. The summed E-state index contributed by atoms with van der Waals surface area (Å²) in [4.78, 5) is 28.7. The maximum Gasteiger partial charge on any atom is 0.307 e. The van der Waals surface area contributed by atoms with Gasteiger partial charge in [-0.15, -0.1) is 11.3 Å². The number of hydrogen-bond donors (Lipinski definition) is 2. The van der Waals surface area contributed by atoms with Gasteiger partial charge in [-0.25, -0.2) is 4.98 Å². The van der Waals surface area contributed by atoms with Crippen LogP contribution in [0.15, 0.2) is 34.7 Å². The van der Waals surface area contributed by atoms with Crippen LogP contribution < -0.4 is 5.32 Å². The molecule has 5 nitrogen and oxygen atoms in total. The number of amides is 1. The zero-order chi connectivity index (χ0) is 16.8. The number of carboxylic acids is 1. The fraction of sp³-hybridized carbons (Fsp3) is 0.353. The SMILES string of the molecule is CSc1nc2ccc(NC(=O)[C@H]3[C@@H](C(=O)O)[C@H]4C=C[C@H]3C4)cc2s1. The topological polar surface area (TPSA) is 79.3 Å². The molecule has 2 aliphatic rings. The Morgan fingerprint density at radius 2 is 2.04 bits per heavy atom. The van der Waals surface area contributed by atoms with Crippen molar-refractivity contribution in [3.63, 3.8) is 0 Å². The van der Waals surface area contributed by atoms with Crippen LogP contribution in [0.1, 0.15) is 6.42 Å². The largest absolute Gasteiger partial charge is 0.481 e. The fourth-order valence-corrected chi connectivity index (χ4v) is 5.34. The summed E-state index contributed by atoms with van der Waals surface area (Å²) in [5, 5.41) is 12.4.